The van der Waals surface area contributed by atoms with Gasteiger partial charge in [0.1, 0.15) is 24.0 Å². The van der Waals surface area contributed by atoms with E-state index in [2.05, 4.69) is 35.2 Å². The minimum Gasteiger partial charge on any atom is -0.385 e. The zero-order valence-corrected chi connectivity index (χ0v) is 24.1. The number of aromatic nitrogens is 2. The number of aromatic amines is 1. The molecule has 4 heterocycles. The molecule has 212 valence electrons. The molecule has 1 unspecified atom stereocenters. The average Bonchev–Trinajstić information content (AvgIpc) is 3.51. The number of imidazole rings is 1. The van der Waals surface area contributed by atoms with E-state index in [9.17, 15) is 9.90 Å². The van der Waals surface area contributed by atoms with Crippen LogP contribution in [0.15, 0.2) is 30.5 Å². The summed E-state index contributed by atoms with van der Waals surface area (Å²) in [6, 6.07) is 7.71. The number of fused-ring (bicyclic) bond motifs is 5. The number of hydrogen-bond donors (Lipinski definition) is 3. The molecule has 4 aliphatic rings. The second kappa shape index (κ2) is 8.73. The minimum absolute atomic E-state index is 0.0697. The van der Waals surface area contributed by atoms with E-state index in [1.807, 2.05) is 52.0 Å². The third kappa shape index (κ3) is 4.47. The van der Waals surface area contributed by atoms with Crippen molar-refractivity contribution in [1.29, 1.82) is 5.26 Å². The van der Waals surface area contributed by atoms with Gasteiger partial charge in [0, 0.05) is 24.1 Å². The summed E-state index contributed by atoms with van der Waals surface area (Å²) in [5, 5.41) is 24.4. The van der Waals surface area contributed by atoms with E-state index >= 15 is 0 Å². The lowest BCUT2D eigenvalue weighted by molar-refractivity contribution is -0.270. The summed E-state index contributed by atoms with van der Waals surface area (Å²) in [5.74, 6) is -1.06. The number of rotatable bonds is 4. The van der Waals surface area contributed by atoms with Gasteiger partial charge in [-0.1, -0.05) is 26.0 Å². The fourth-order valence-corrected chi connectivity index (χ4v) is 7.21. The van der Waals surface area contributed by atoms with Crippen LogP contribution >= 0.6 is 0 Å². The molecule has 9 heteroatoms. The molecule has 1 aromatic heterocycles. The number of nitrogens with zero attached hydrogens (tertiary/aromatic N) is 2. The van der Waals surface area contributed by atoms with Crippen molar-refractivity contribution < 1.29 is 24.1 Å². The van der Waals surface area contributed by atoms with Gasteiger partial charge < -0.3 is 29.6 Å². The summed E-state index contributed by atoms with van der Waals surface area (Å²) in [6.45, 7) is 12.4. The zero-order chi connectivity index (χ0) is 28.7. The Morgan fingerprint density at radius 2 is 1.80 bits per heavy atom. The number of nitriles is 1. The number of amides is 1. The average molecular weight is 547 g/mol. The summed E-state index contributed by atoms with van der Waals surface area (Å²) in [6.07, 6.45) is 6.53. The minimum atomic E-state index is -1.18. The van der Waals surface area contributed by atoms with Crippen molar-refractivity contribution >= 4 is 17.2 Å². The molecule has 0 radical (unpaired) electrons. The Bertz CT molecular complexity index is 1420. The van der Waals surface area contributed by atoms with E-state index in [0.29, 0.717) is 18.5 Å². The molecule has 2 bridgehead atoms. The van der Waals surface area contributed by atoms with Crippen LogP contribution < -0.4 is 5.32 Å². The number of hydrogen-bond acceptors (Lipinski definition) is 7. The maximum Gasteiger partial charge on any atom is 0.291 e. The van der Waals surface area contributed by atoms with Gasteiger partial charge in [-0.2, -0.15) is 5.26 Å². The third-order valence-electron chi connectivity index (χ3n) is 9.09. The van der Waals surface area contributed by atoms with Crippen LogP contribution in [0.1, 0.15) is 101 Å². The number of anilines is 1. The summed E-state index contributed by atoms with van der Waals surface area (Å²) in [4.78, 5) is 19.8. The molecule has 1 aromatic carbocycles. The second-order valence-electron chi connectivity index (χ2n) is 13.7. The normalized spacial score (nSPS) is 35.5. The van der Waals surface area contributed by atoms with Crippen LogP contribution in [0.25, 0.3) is 5.57 Å². The first-order chi connectivity index (χ1) is 18.6. The van der Waals surface area contributed by atoms with Gasteiger partial charge in [-0.25, -0.2) is 4.98 Å². The van der Waals surface area contributed by atoms with Gasteiger partial charge >= 0.3 is 0 Å². The van der Waals surface area contributed by atoms with Crippen molar-refractivity contribution in [2.45, 2.75) is 108 Å². The third-order valence-corrected chi connectivity index (χ3v) is 9.09. The Morgan fingerprint density at radius 1 is 1.12 bits per heavy atom. The molecule has 0 saturated carbocycles. The predicted octanol–water partition coefficient (Wildman–Crippen LogP) is 5.18. The second-order valence-corrected chi connectivity index (χ2v) is 13.7. The summed E-state index contributed by atoms with van der Waals surface area (Å²) < 4.78 is 19.1. The van der Waals surface area contributed by atoms with Gasteiger partial charge in [-0.3, -0.25) is 4.79 Å². The van der Waals surface area contributed by atoms with Gasteiger partial charge in [0.05, 0.1) is 23.0 Å². The number of allylic oxidation sites excluding steroid dienone is 2. The SMILES string of the molecule is CC1(C)CC=C(c2cc(C3(O)C[C@@]4(C)O[C@@](C)(C3)[C@@H]3OC(C)(C)O[C@@H]34)ccc2NC(=O)c2ncc(C#N)[nH]2)CC1. The lowest BCUT2D eigenvalue weighted by atomic mass is 9.74. The largest absolute Gasteiger partial charge is 0.385 e. The van der Waals surface area contributed by atoms with Gasteiger partial charge in [0.25, 0.3) is 5.91 Å². The van der Waals surface area contributed by atoms with Crippen molar-refractivity contribution in [3.05, 3.63) is 53.1 Å². The molecule has 3 aliphatic heterocycles. The Labute approximate surface area is 234 Å². The van der Waals surface area contributed by atoms with E-state index in [-0.39, 0.29) is 29.1 Å². The Balaban J connectivity index is 1.37. The highest BCUT2D eigenvalue weighted by Crippen LogP contribution is 2.60. The zero-order valence-electron chi connectivity index (χ0n) is 24.1. The van der Waals surface area contributed by atoms with Crippen LogP contribution in [0.4, 0.5) is 5.69 Å². The highest BCUT2D eigenvalue weighted by molar-refractivity contribution is 6.03. The monoisotopic (exact) mass is 546 g/mol. The molecule has 3 saturated heterocycles. The molecule has 2 aromatic rings. The standard InChI is InChI=1S/C31H38N4O5/c1-27(2)11-9-18(10-12-27)21-13-19(7-8-22(21)35-26(36)25-33-15-20(14-32)34-25)31(37)16-29(5)23-24(30(6,17-31)40-29)39-28(3,4)38-23/h7-9,13,15,23-24,37H,10-12,16-17H2,1-6H3,(H,33,34)(H,35,36)/t23-,24+,29+,30-,31?. The number of benzene rings is 1. The first-order valence-electron chi connectivity index (χ1n) is 14.0. The van der Waals surface area contributed by atoms with E-state index in [1.165, 1.54) is 6.20 Å². The van der Waals surface area contributed by atoms with Crippen molar-refractivity contribution in [1.82, 2.24) is 9.97 Å². The first-order valence-corrected chi connectivity index (χ1v) is 14.0. The first kappa shape index (κ1) is 27.2. The topological polar surface area (TPSA) is 129 Å². The number of carbonyl (C=O) groups excluding carboxylic acids is 1. The smallest absolute Gasteiger partial charge is 0.291 e. The Morgan fingerprint density at radius 3 is 2.38 bits per heavy atom. The van der Waals surface area contributed by atoms with Crippen LogP contribution in [0.2, 0.25) is 0 Å². The lowest BCUT2D eigenvalue weighted by Crippen LogP contribution is -2.53. The molecular weight excluding hydrogens is 508 g/mol. The highest BCUT2D eigenvalue weighted by atomic mass is 16.8. The number of nitrogens with one attached hydrogen (secondary N) is 2. The van der Waals surface area contributed by atoms with Crippen molar-refractivity contribution in [3.63, 3.8) is 0 Å². The summed E-state index contributed by atoms with van der Waals surface area (Å²) in [7, 11) is 0. The lowest BCUT2D eigenvalue weighted by Gasteiger charge is -2.48. The Kier molecular flexibility index (Phi) is 5.93. The number of carbonyl (C=O) groups is 1. The van der Waals surface area contributed by atoms with Gasteiger partial charge in [0.15, 0.2) is 11.6 Å². The molecule has 3 N–H and O–H groups in total. The molecular formula is C31H38N4O5. The van der Waals surface area contributed by atoms with Crippen LogP contribution in [0.5, 0.6) is 0 Å². The van der Waals surface area contributed by atoms with Crippen molar-refractivity contribution in [2.75, 3.05) is 5.32 Å². The molecule has 3 fully saturated rings. The fourth-order valence-electron chi connectivity index (χ4n) is 7.21. The van der Waals surface area contributed by atoms with Crippen LogP contribution in [0, 0.1) is 16.7 Å². The Hall–Kier alpha value is -3.03. The number of ether oxygens (including phenoxy) is 3. The number of aliphatic hydroxyl groups is 1. The maximum absolute atomic E-state index is 13.0. The van der Waals surface area contributed by atoms with Crippen molar-refractivity contribution in [2.24, 2.45) is 5.41 Å². The highest BCUT2D eigenvalue weighted by Gasteiger charge is 2.71. The van der Waals surface area contributed by atoms with Gasteiger partial charge in [0.2, 0.25) is 0 Å². The van der Waals surface area contributed by atoms with E-state index < -0.39 is 28.5 Å². The molecule has 0 spiro atoms. The molecule has 5 atom stereocenters. The van der Waals surface area contributed by atoms with E-state index in [1.54, 1.807) is 0 Å². The molecule has 1 amide bonds. The van der Waals surface area contributed by atoms with Gasteiger partial charge in [-0.15, -0.1) is 0 Å². The van der Waals surface area contributed by atoms with E-state index in [4.69, 9.17) is 19.5 Å². The quantitative estimate of drug-likeness (QED) is 0.482. The summed E-state index contributed by atoms with van der Waals surface area (Å²) >= 11 is 0. The van der Waals surface area contributed by atoms with Crippen LogP contribution in [-0.2, 0) is 19.8 Å². The fraction of sp³-hybridized carbons (Fsp3) is 0.581. The molecule has 40 heavy (non-hydrogen) atoms. The summed E-state index contributed by atoms with van der Waals surface area (Å²) in [5.41, 5.74) is 1.22. The number of H-pyrrole nitrogens is 1. The maximum atomic E-state index is 13.0. The predicted molar refractivity (Wildman–Crippen MR) is 148 cm³/mol. The van der Waals surface area contributed by atoms with Crippen LogP contribution in [-0.4, -0.2) is 50.2 Å². The van der Waals surface area contributed by atoms with E-state index in [0.717, 1.165) is 36.0 Å². The molecule has 1 aliphatic carbocycles. The van der Waals surface area contributed by atoms with Crippen molar-refractivity contribution in [3.8, 4) is 6.07 Å². The molecule has 9 nitrogen and oxygen atoms in total. The molecule has 6 rings (SSSR count). The van der Waals surface area contributed by atoms with Gasteiger partial charge in [-0.05, 0) is 75.6 Å². The van der Waals surface area contributed by atoms with Crippen LogP contribution in [0.3, 0.4) is 0 Å².